The first-order valence-electron chi connectivity index (χ1n) is 9.58. The van der Waals surface area contributed by atoms with Crippen LogP contribution in [-0.2, 0) is 19.5 Å². The molecule has 3 heteroatoms. The normalized spacial score (nSPS) is 20.2. The van der Waals surface area contributed by atoms with Crippen LogP contribution in [0.25, 0.3) is 0 Å². The van der Waals surface area contributed by atoms with Gasteiger partial charge in [0.25, 0.3) is 5.91 Å². The van der Waals surface area contributed by atoms with Crippen LogP contribution >= 0.6 is 0 Å². The number of hydrogen-bond donors (Lipinski definition) is 1. The molecule has 2 aliphatic heterocycles. The van der Waals surface area contributed by atoms with Crippen molar-refractivity contribution in [3.05, 3.63) is 70.8 Å². The Kier molecular flexibility index (Phi) is 4.84. The fourth-order valence-corrected chi connectivity index (χ4v) is 4.13. The summed E-state index contributed by atoms with van der Waals surface area (Å²) in [6.45, 7) is 5.15. The van der Waals surface area contributed by atoms with Crippen LogP contribution in [-0.4, -0.2) is 30.4 Å². The van der Waals surface area contributed by atoms with Crippen LogP contribution in [0.15, 0.2) is 48.5 Å². The molecule has 1 unspecified atom stereocenters. The maximum atomic E-state index is 12.6. The lowest BCUT2D eigenvalue weighted by Crippen LogP contribution is -3.10. The molecule has 0 radical (unpaired) electrons. The molecule has 2 aliphatic rings. The number of rotatable bonds is 3. The van der Waals surface area contributed by atoms with Crippen LogP contribution in [0.1, 0.15) is 46.3 Å². The number of hydrogen-bond acceptors (Lipinski definition) is 1. The summed E-state index contributed by atoms with van der Waals surface area (Å²) in [7, 11) is 0. The molecule has 3 nitrogen and oxygen atoms in total. The Labute approximate surface area is 150 Å². The van der Waals surface area contributed by atoms with Crippen molar-refractivity contribution in [3.63, 3.8) is 0 Å². The molecule has 0 bridgehead atoms. The Morgan fingerprint density at radius 2 is 1.64 bits per heavy atom. The molecule has 130 valence electrons. The third kappa shape index (κ3) is 3.77. The minimum atomic E-state index is 0.200. The summed E-state index contributed by atoms with van der Waals surface area (Å²) in [6.07, 6.45) is 4.70. The third-order valence-corrected chi connectivity index (χ3v) is 5.61. The molecule has 2 aromatic rings. The van der Waals surface area contributed by atoms with E-state index in [2.05, 4.69) is 36.4 Å². The van der Waals surface area contributed by atoms with Crippen LogP contribution in [0, 0.1) is 0 Å². The largest absolute Gasteiger partial charge is 0.339 e. The molecule has 1 atom stereocenters. The van der Waals surface area contributed by atoms with E-state index < -0.39 is 0 Å². The average Bonchev–Trinajstić information content (AvgIpc) is 2.69. The van der Waals surface area contributed by atoms with Crippen molar-refractivity contribution >= 4 is 5.91 Å². The highest BCUT2D eigenvalue weighted by atomic mass is 16.2. The number of carbonyl (C=O) groups is 1. The Morgan fingerprint density at radius 3 is 2.40 bits per heavy atom. The average molecular weight is 335 g/mol. The Hall–Kier alpha value is -2.13. The highest BCUT2D eigenvalue weighted by molar-refractivity contribution is 5.94. The van der Waals surface area contributed by atoms with Crippen molar-refractivity contribution in [1.29, 1.82) is 0 Å². The molecule has 0 aliphatic carbocycles. The van der Waals surface area contributed by atoms with Gasteiger partial charge in [-0.2, -0.15) is 0 Å². The van der Waals surface area contributed by atoms with Gasteiger partial charge in [-0.3, -0.25) is 4.79 Å². The summed E-state index contributed by atoms with van der Waals surface area (Å²) in [5.74, 6) is 0.200. The predicted molar refractivity (Wildman–Crippen MR) is 99.6 cm³/mol. The van der Waals surface area contributed by atoms with Gasteiger partial charge < -0.3 is 9.80 Å². The van der Waals surface area contributed by atoms with Crippen molar-refractivity contribution < 1.29 is 9.69 Å². The van der Waals surface area contributed by atoms with Crippen molar-refractivity contribution in [2.75, 3.05) is 19.6 Å². The van der Waals surface area contributed by atoms with Gasteiger partial charge in [0, 0.05) is 36.2 Å². The van der Waals surface area contributed by atoms with Gasteiger partial charge in [-0.05, 0) is 37.0 Å². The molecule has 2 aromatic carbocycles. The van der Waals surface area contributed by atoms with Gasteiger partial charge in [-0.25, -0.2) is 0 Å². The Balaban J connectivity index is 1.38. The van der Waals surface area contributed by atoms with Crippen molar-refractivity contribution in [3.8, 4) is 0 Å². The minimum Gasteiger partial charge on any atom is -0.339 e. The van der Waals surface area contributed by atoms with E-state index in [0.29, 0.717) is 0 Å². The van der Waals surface area contributed by atoms with E-state index in [9.17, 15) is 4.79 Å². The zero-order valence-electron chi connectivity index (χ0n) is 14.8. The summed E-state index contributed by atoms with van der Waals surface area (Å²) >= 11 is 0. The standard InChI is InChI=1S/C22H26N2O/c25-22(24-13-4-1-5-14-24)20-10-8-18(9-11-20)16-23-15-12-19-6-2-3-7-21(19)17-23/h2-3,6-11H,1,4-5,12-17H2/p+1. The number of quaternary nitrogens is 1. The predicted octanol–water partition coefficient (Wildman–Crippen LogP) is 2.45. The highest BCUT2D eigenvalue weighted by Crippen LogP contribution is 2.14. The molecular weight excluding hydrogens is 308 g/mol. The second-order valence-corrected chi connectivity index (χ2v) is 7.42. The third-order valence-electron chi connectivity index (χ3n) is 5.61. The van der Waals surface area contributed by atoms with Gasteiger partial charge in [0.05, 0.1) is 6.54 Å². The van der Waals surface area contributed by atoms with Crippen molar-refractivity contribution in [1.82, 2.24) is 4.90 Å². The molecular formula is C22H27N2O+. The summed E-state index contributed by atoms with van der Waals surface area (Å²) in [4.78, 5) is 16.2. The number of carbonyl (C=O) groups excluding carboxylic acids is 1. The van der Waals surface area contributed by atoms with E-state index in [1.165, 1.54) is 29.7 Å². The molecule has 1 fully saturated rings. The summed E-state index contributed by atoms with van der Waals surface area (Å²) < 4.78 is 0. The first-order chi connectivity index (χ1) is 12.3. The van der Waals surface area contributed by atoms with E-state index in [1.807, 2.05) is 17.0 Å². The molecule has 1 N–H and O–H groups in total. The van der Waals surface area contributed by atoms with E-state index >= 15 is 0 Å². The zero-order valence-corrected chi connectivity index (χ0v) is 14.8. The smallest absolute Gasteiger partial charge is 0.253 e. The molecule has 0 spiro atoms. The number of likely N-dealkylation sites (tertiary alicyclic amines) is 1. The fraction of sp³-hybridized carbons (Fsp3) is 0.409. The number of benzene rings is 2. The van der Waals surface area contributed by atoms with Crippen LogP contribution in [0.5, 0.6) is 0 Å². The lowest BCUT2D eigenvalue weighted by molar-refractivity contribution is -0.929. The van der Waals surface area contributed by atoms with Crippen LogP contribution in [0.3, 0.4) is 0 Å². The summed E-state index contributed by atoms with van der Waals surface area (Å²) in [6, 6.07) is 17.1. The lowest BCUT2D eigenvalue weighted by Gasteiger charge is -2.27. The zero-order chi connectivity index (χ0) is 17.1. The van der Waals surface area contributed by atoms with Gasteiger partial charge >= 0.3 is 0 Å². The number of fused-ring (bicyclic) bond motifs is 1. The van der Waals surface area contributed by atoms with Gasteiger partial charge in [-0.15, -0.1) is 0 Å². The van der Waals surface area contributed by atoms with Crippen molar-refractivity contribution in [2.24, 2.45) is 0 Å². The van der Waals surface area contributed by atoms with E-state index in [0.717, 1.165) is 51.0 Å². The quantitative estimate of drug-likeness (QED) is 0.916. The maximum absolute atomic E-state index is 12.6. The molecule has 25 heavy (non-hydrogen) atoms. The first-order valence-corrected chi connectivity index (χ1v) is 9.58. The number of piperidine rings is 1. The molecule has 1 amide bonds. The van der Waals surface area contributed by atoms with Crippen LogP contribution in [0.2, 0.25) is 0 Å². The SMILES string of the molecule is O=C(c1ccc(C[NH+]2CCc3ccccc3C2)cc1)N1CCCCC1. The number of nitrogens with zero attached hydrogens (tertiary/aromatic N) is 1. The van der Waals surface area contributed by atoms with E-state index in [4.69, 9.17) is 0 Å². The molecule has 0 aromatic heterocycles. The highest BCUT2D eigenvalue weighted by Gasteiger charge is 2.20. The van der Waals surface area contributed by atoms with E-state index in [1.54, 1.807) is 4.90 Å². The second-order valence-electron chi connectivity index (χ2n) is 7.42. The topological polar surface area (TPSA) is 24.8 Å². The van der Waals surface area contributed by atoms with E-state index in [-0.39, 0.29) is 5.91 Å². The van der Waals surface area contributed by atoms with Crippen LogP contribution < -0.4 is 4.90 Å². The minimum absolute atomic E-state index is 0.200. The second kappa shape index (κ2) is 7.40. The number of nitrogens with one attached hydrogen (secondary N) is 1. The monoisotopic (exact) mass is 335 g/mol. The molecule has 2 heterocycles. The molecule has 0 saturated carbocycles. The van der Waals surface area contributed by atoms with Gasteiger partial charge in [0.15, 0.2) is 0 Å². The Morgan fingerprint density at radius 1 is 0.920 bits per heavy atom. The van der Waals surface area contributed by atoms with Crippen LogP contribution in [0.4, 0.5) is 0 Å². The summed E-state index contributed by atoms with van der Waals surface area (Å²) in [5.41, 5.74) is 5.16. The van der Waals surface area contributed by atoms with Gasteiger partial charge in [0.1, 0.15) is 13.1 Å². The number of amides is 1. The maximum Gasteiger partial charge on any atom is 0.253 e. The molecule has 4 rings (SSSR count). The molecule has 1 saturated heterocycles. The van der Waals surface area contributed by atoms with Gasteiger partial charge in [0.2, 0.25) is 0 Å². The lowest BCUT2D eigenvalue weighted by atomic mass is 9.99. The van der Waals surface area contributed by atoms with Gasteiger partial charge in [-0.1, -0.05) is 36.4 Å². The first kappa shape index (κ1) is 16.3. The fourth-order valence-electron chi connectivity index (χ4n) is 4.13. The Bertz CT molecular complexity index is 732. The van der Waals surface area contributed by atoms with Crippen molar-refractivity contribution in [2.45, 2.75) is 38.8 Å². The summed E-state index contributed by atoms with van der Waals surface area (Å²) in [5, 5.41) is 0.